The summed E-state index contributed by atoms with van der Waals surface area (Å²) in [4.78, 5) is 1.93. The fourth-order valence-electron chi connectivity index (χ4n) is 1.73. The summed E-state index contributed by atoms with van der Waals surface area (Å²) in [5.41, 5.74) is 7.00. The molecule has 0 atom stereocenters. The fraction of sp³-hybridized carbons (Fsp3) is 0.500. The van der Waals surface area contributed by atoms with Crippen molar-refractivity contribution in [3.63, 3.8) is 0 Å². The van der Waals surface area contributed by atoms with Gasteiger partial charge >= 0.3 is 0 Å². The van der Waals surface area contributed by atoms with Crippen LogP contribution in [-0.4, -0.2) is 48.9 Å². The number of anilines is 2. The van der Waals surface area contributed by atoms with Gasteiger partial charge in [0.1, 0.15) is 0 Å². The number of benzene rings is 1. The van der Waals surface area contributed by atoms with Crippen LogP contribution in [0.5, 0.6) is 0 Å². The van der Waals surface area contributed by atoms with Crippen LogP contribution in [0.2, 0.25) is 0 Å². The maximum atomic E-state index is 11.4. The number of hydrogen-bond acceptors (Lipinski definition) is 6. The van der Waals surface area contributed by atoms with E-state index in [4.69, 9.17) is 20.3 Å². The number of rotatable bonds is 8. The Morgan fingerprint density at radius 1 is 1.15 bits per heavy atom. The van der Waals surface area contributed by atoms with Gasteiger partial charge in [-0.1, -0.05) is 0 Å². The van der Waals surface area contributed by atoms with Crippen molar-refractivity contribution < 1.29 is 17.9 Å². The topological polar surface area (TPSA) is 108 Å². The number of nitrogen functional groups attached to an aromatic ring is 1. The van der Waals surface area contributed by atoms with E-state index in [1.165, 1.54) is 18.2 Å². The zero-order chi connectivity index (χ0) is 15.2. The number of methoxy groups -OCH3 is 2. The zero-order valence-electron chi connectivity index (χ0n) is 11.7. The molecule has 1 aromatic rings. The lowest BCUT2D eigenvalue weighted by Gasteiger charge is -2.26. The van der Waals surface area contributed by atoms with Crippen molar-refractivity contribution in [3.8, 4) is 0 Å². The van der Waals surface area contributed by atoms with Crippen molar-refractivity contribution in [1.82, 2.24) is 0 Å². The van der Waals surface area contributed by atoms with Gasteiger partial charge in [0.15, 0.2) is 0 Å². The van der Waals surface area contributed by atoms with Crippen molar-refractivity contribution in [2.24, 2.45) is 5.14 Å². The van der Waals surface area contributed by atoms with E-state index in [1.54, 1.807) is 14.2 Å². The van der Waals surface area contributed by atoms with Crippen LogP contribution in [0.4, 0.5) is 11.4 Å². The van der Waals surface area contributed by atoms with Gasteiger partial charge in [-0.05, 0) is 18.2 Å². The van der Waals surface area contributed by atoms with Crippen LogP contribution in [0.15, 0.2) is 23.1 Å². The van der Waals surface area contributed by atoms with Crippen LogP contribution in [0.1, 0.15) is 0 Å². The van der Waals surface area contributed by atoms with E-state index in [9.17, 15) is 8.42 Å². The Morgan fingerprint density at radius 2 is 1.70 bits per heavy atom. The number of sulfonamides is 1. The average Bonchev–Trinajstić information content (AvgIpc) is 2.39. The molecular weight excluding hydrogens is 282 g/mol. The summed E-state index contributed by atoms with van der Waals surface area (Å²) in [6, 6.07) is 4.39. The first-order chi connectivity index (χ1) is 9.40. The van der Waals surface area contributed by atoms with Crippen molar-refractivity contribution in [2.45, 2.75) is 4.90 Å². The summed E-state index contributed by atoms with van der Waals surface area (Å²) in [6.07, 6.45) is 0. The Hall–Kier alpha value is -1.35. The van der Waals surface area contributed by atoms with E-state index in [1.807, 2.05) is 4.90 Å². The zero-order valence-corrected chi connectivity index (χ0v) is 12.5. The smallest absolute Gasteiger partial charge is 0.238 e. The second-order valence-corrected chi connectivity index (χ2v) is 5.80. The van der Waals surface area contributed by atoms with E-state index in [2.05, 4.69) is 0 Å². The van der Waals surface area contributed by atoms with Crippen LogP contribution >= 0.6 is 0 Å². The van der Waals surface area contributed by atoms with E-state index >= 15 is 0 Å². The van der Waals surface area contributed by atoms with Gasteiger partial charge in [0.05, 0.1) is 29.5 Å². The monoisotopic (exact) mass is 303 g/mol. The number of hydrogen-bond donors (Lipinski definition) is 2. The highest BCUT2D eigenvalue weighted by molar-refractivity contribution is 7.89. The highest BCUT2D eigenvalue weighted by Gasteiger charge is 2.15. The minimum absolute atomic E-state index is 0.0292. The third-order valence-electron chi connectivity index (χ3n) is 2.80. The van der Waals surface area contributed by atoms with Crippen LogP contribution in [0.3, 0.4) is 0 Å². The minimum Gasteiger partial charge on any atom is -0.397 e. The first-order valence-electron chi connectivity index (χ1n) is 6.05. The van der Waals surface area contributed by atoms with Crippen molar-refractivity contribution >= 4 is 21.4 Å². The second kappa shape index (κ2) is 7.44. The molecule has 114 valence electrons. The standard InChI is InChI=1S/C12H21N3O4S/c1-18-7-5-15(6-8-19-2)12-9-10(20(14,16)17)3-4-11(12)13/h3-4,9H,5-8,13H2,1-2H3,(H2,14,16,17). The first-order valence-corrected chi connectivity index (χ1v) is 7.60. The molecule has 0 heterocycles. The van der Waals surface area contributed by atoms with E-state index in [0.29, 0.717) is 37.7 Å². The molecule has 1 aromatic carbocycles. The lowest BCUT2D eigenvalue weighted by Crippen LogP contribution is -2.31. The summed E-state index contributed by atoms with van der Waals surface area (Å²) in [5.74, 6) is 0. The maximum Gasteiger partial charge on any atom is 0.238 e. The molecule has 8 heteroatoms. The Bertz CT molecular complexity index is 526. The van der Waals surface area contributed by atoms with Gasteiger partial charge in [-0.3, -0.25) is 0 Å². The molecule has 1 rings (SSSR count). The van der Waals surface area contributed by atoms with Crippen molar-refractivity contribution in [3.05, 3.63) is 18.2 Å². The summed E-state index contributed by atoms with van der Waals surface area (Å²) in [5, 5.41) is 5.14. The van der Waals surface area contributed by atoms with Crippen LogP contribution < -0.4 is 15.8 Å². The quantitative estimate of drug-likeness (QED) is 0.655. The molecule has 0 aliphatic heterocycles. The van der Waals surface area contributed by atoms with Crippen molar-refractivity contribution in [2.75, 3.05) is 51.2 Å². The highest BCUT2D eigenvalue weighted by Crippen LogP contribution is 2.26. The van der Waals surface area contributed by atoms with Crippen molar-refractivity contribution in [1.29, 1.82) is 0 Å². The molecule has 0 fully saturated rings. The van der Waals surface area contributed by atoms with Gasteiger partial charge in [0.2, 0.25) is 10.0 Å². The van der Waals surface area contributed by atoms with Gasteiger partial charge in [0.25, 0.3) is 0 Å². The lowest BCUT2D eigenvalue weighted by atomic mass is 10.2. The highest BCUT2D eigenvalue weighted by atomic mass is 32.2. The molecule has 0 aliphatic carbocycles. The molecule has 0 aliphatic rings. The lowest BCUT2D eigenvalue weighted by molar-refractivity contribution is 0.190. The van der Waals surface area contributed by atoms with Crippen LogP contribution in [-0.2, 0) is 19.5 Å². The Labute approximate surface area is 119 Å². The summed E-state index contributed by atoms with van der Waals surface area (Å²) in [7, 11) is -0.570. The largest absolute Gasteiger partial charge is 0.397 e. The molecular formula is C12H21N3O4S. The molecule has 0 unspecified atom stereocenters. The molecule has 0 radical (unpaired) electrons. The first kappa shape index (κ1) is 16.7. The Morgan fingerprint density at radius 3 is 2.15 bits per heavy atom. The second-order valence-electron chi connectivity index (χ2n) is 4.24. The molecule has 7 nitrogen and oxygen atoms in total. The summed E-state index contributed by atoms with van der Waals surface area (Å²) < 4.78 is 32.9. The molecule has 20 heavy (non-hydrogen) atoms. The third-order valence-corrected chi connectivity index (χ3v) is 3.71. The number of ether oxygens (including phenoxy) is 2. The third kappa shape index (κ3) is 4.64. The Kier molecular flexibility index (Phi) is 6.21. The molecule has 0 aromatic heterocycles. The van der Waals surface area contributed by atoms with Gasteiger partial charge in [0, 0.05) is 27.3 Å². The predicted octanol–water partition coefficient (Wildman–Crippen LogP) is 0.0154. The summed E-state index contributed by atoms with van der Waals surface area (Å²) in [6.45, 7) is 2.11. The molecule has 0 saturated carbocycles. The molecule has 0 saturated heterocycles. The average molecular weight is 303 g/mol. The number of nitrogens with two attached hydrogens (primary N) is 2. The van der Waals surface area contributed by atoms with E-state index in [-0.39, 0.29) is 4.90 Å². The normalized spacial score (nSPS) is 11.6. The minimum atomic E-state index is -3.76. The Balaban J connectivity index is 3.10. The van der Waals surface area contributed by atoms with Crippen LogP contribution in [0, 0.1) is 0 Å². The summed E-state index contributed by atoms with van der Waals surface area (Å²) >= 11 is 0. The molecule has 0 spiro atoms. The van der Waals surface area contributed by atoms with Gasteiger partial charge < -0.3 is 20.1 Å². The van der Waals surface area contributed by atoms with Gasteiger partial charge in [-0.25, -0.2) is 13.6 Å². The predicted molar refractivity (Wildman–Crippen MR) is 78.2 cm³/mol. The van der Waals surface area contributed by atoms with Gasteiger partial charge in [-0.15, -0.1) is 0 Å². The van der Waals surface area contributed by atoms with Gasteiger partial charge in [-0.2, -0.15) is 0 Å². The maximum absolute atomic E-state index is 11.4. The van der Waals surface area contributed by atoms with E-state index < -0.39 is 10.0 Å². The SMILES string of the molecule is COCCN(CCOC)c1cc(S(N)(=O)=O)ccc1N. The number of nitrogens with zero attached hydrogens (tertiary/aromatic N) is 1. The van der Waals surface area contributed by atoms with E-state index in [0.717, 1.165) is 0 Å². The van der Waals surface area contributed by atoms with Crippen LogP contribution in [0.25, 0.3) is 0 Å². The molecule has 0 bridgehead atoms. The molecule has 0 amide bonds. The fourth-order valence-corrected chi connectivity index (χ4v) is 2.26. The number of primary sulfonamides is 1. The molecule has 4 N–H and O–H groups in total.